The van der Waals surface area contributed by atoms with Crippen molar-refractivity contribution >= 4 is 39.3 Å². The molecule has 0 saturated carbocycles. The Morgan fingerprint density at radius 2 is 2.19 bits per heavy atom. The number of halogens is 1. The van der Waals surface area contributed by atoms with Crippen LogP contribution in [0.5, 0.6) is 0 Å². The summed E-state index contributed by atoms with van der Waals surface area (Å²) in [7, 11) is 0. The molecule has 0 bridgehead atoms. The maximum Gasteiger partial charge on any atom is 0.161 e. The Hall–Kier alpha value is -4.13. The number of fused-ring (bicyclic) bond motifs is 2. The van der Waals surface area contributed by atoms with Gasteiger partial charge in [-0.25, -0.2) is 9.37 Å². The Balaban J connectivity index is 1.69. The van der Waals surface area contributed by atoms with Crippen molar-refractivity contribution in [2.75, 3.05) is 0 Å². The highest BCUT2D eigenvalue weighted by atomic mass is 19.1. The highest BCUT2D eigenvalue weighted by Crippen LogP contribution is 2.33. The summed E-state index contributed by atoms with van der Waals surface area (Å²) in [5.41, 5.74) is 5.51. The number of nitrogens with one attached hydrogen (secondary N) is 2. The van der Waals surface area contributed by atoms with Crippen molar-refractivity contribution in [3.05, 3.63) is 78.6 Å². The molecule has 2 N–H and O–H groups in total. The van der Waals surface area contributed by atoms with Crippen LogP contribution < -0.4 is 0 Å². The topological polar surface area (TPSA) is 82.6 Å². The average molecular weight is 410 g/mol. The van der Waals surface area contributed by atoms with Gasteiger partial charge in [-0.05, 0) is 25.0 Å². The number of benzene rings is 1. The number of hydrogen-bond acceptors (Lipinski definition) is 4. The Labute approximate surface area is 177 Å². The molecule has 7 heteroatoms. The molecule has 1 aromatic carbocycles. The molecule has 1 aliphatic carbocycles. The van der Waals surface area contributed by atoms with Crippen molar-refractivity contribution in [2.24, 2.45) is 4.99 Å². The van der Waals surface area contributed by atoms with Crippen LogP contribution in [0.25, 0.3) is 44.6 Å². The van der Waals surface area contributed by atoms with E-state index in [2.05, 4.69) is 50.0 Å². The lowest BCUT2D eigenvalue weighted by Crippen LogP contribution is -1.97. The third-order valence-electron chi connectivity index (χ3n) is 5.27. The second-order valence-electron chi connectivity index (χ2n) is 7.07. The van der Waals surface area contributed by atoms with E-state index in [4.69, 9.17) is 4.98 Å². The molecule has 0 saturated heterocycles. The van der Waals surface area contributed by atoms with Crippen molar-refractivity contribution in [3.63, 3.8) is 0 Å². The Morgan fingerprint density at radius 3 is 2.97 bits per heavy atom. The van der Waals surface area contributed by atoms with Crippen LogP contribution in [0, 0.1) is 5.82 Å². The number of nitrogens with zero attached hydrogens (tertiary/aromatic N) is 4. The first kappa shape index (κ1) is 18.9. The minimum Gasteiger partial charge on any atom is -0.337 e. The van der Waals surface area contributed by atoms with Crippen molar-refractivity contribution in [1.29, 1.82) is 0 Å². The second-order valence-corrected chi connectivity index (χ2v) is 7.07. The fourth-order valence-corrected chi connectivity index (χ4v) is 3.79. The maximum absolute atomic E-state index is 15.6. The molecule has 31 heavy (non-hydrogen) atoms. The Morgan fingerprint density at radius 1 is 1.29 bits per heavy atom. The van der Waals surface area contributed by atoms with Crippen LogP contribution in [0.2, 0.25) is 0 Å². The number of hydrogen-bond donors (Lipinski definition) is 2. The van der Waals surface area contributed by atoms with E-state index in [1.807, 2.05) is 18.2 Å². The van der Waals surface area contributed by atoms with E-state index in [1.165, 1.54) is 12.4 Å². The highest BCUT2D eigenvalue weighted by Gasteiger charge is 2.21. The van der Waals surface area contributed by atoms with E-state index in [1.54, 1.807) is 19.2 Å². The van der Waals surface area contributed by atoms with Crippen LogP contribution >= 0.6 is 0 Å². The summed E-state index contributed by atoms with van der Waals surface area (Å²) < 4.78 is 15.6. The first-order chi connectivity index (χ1) is 15.2. The monoisotopic (exact) mass is 410 g/mol. The molecule has 3 heterocycles. The largest absolute Gasteiger partial charge is 0.337 e. The average Bonchev–Trinajstić information content (AvgIpc) is 3.53. The molecule has 152 valence electrons. The molecule has 3 aromatic heterocycles. The summed E-state index contributed by atoms with van der Waals surface area (Å²) in [6.07, 6.45) is 13.5. The molecule has 5 rings (SSSR count). The molecule has 0 amide bonds. The molecule has 0 atom stereocenters. The zero-order valence-electron chi connectivity index (χ0n) is 16.9. The van der Waals surface area contributed by atoms with Gasteiger partial charge in [0, 0.05) is 23.6 Å². The third-order valence-corrected chi connectivity index (χ3v) is 5.27. The second kappa shape index (κ2) is 7.60. The van der Waals surface area contributed by atoms with Gasteiger partial charge in [-0.3, -0.25) is 15.1 Å². The Bertz CT molecular complexity index is 1450. The summed E-state index contributed by atoms with van der Waals surface area (Å²) in [4.78, 5) is 16.3. The lowest BCUT2D eigenvalue weighted by molar-refractivity contribution is 0.630. The number of rotatable bonds is 5. The number of aliphatic imine (C=N–C) groups is 1. The molecule has 0 radical (unpaired) electrons. The van der Waals surface area contributed by atoms with E-state index in [9.17, 15) is 0 Å². The number of aromatic nitrogens is 5. The van der Waals surface area contributed by atoms with Gasteiger partial charge in [-0.15, -0.1) is 0 Å². The lowest BCUT2D eigenvalue weighted by Gasteiger charge is -2.04. The van der Waals surface area contributed by atoms with E-state index in [-0.39, 0.29) is 5.69 Å². The van der Waals surface area contributed by atoms with Crippen molar-refractivity contribution < 1.29 is 4.39 Å². The number of allylic oxidation sites excluding steroid dienone is 6. The van der Waals surface area contributed by atoms with Gasteiger partial charge in [0.05, 0.1) is 28.1 Å². The zero-order chi connectivity index (χ0) is 21.4. The predicted octanol–water partition coefficient (Wildman–Crippen LogP) is 5.60. The first-order valence-electron chi connectivity index (χ1n) is 9.90. The summed E-state index contributed by atoms with van der Waals surface area (Å²) in [6, 6.07) is 5.97. The van der Waals surface area contributed by atoms with Crippen molar-refractivity contribution in [3.8, 4) is 11.5 Å². The number of pyridine rings is 1. The van der Waals surface area contributed by atoms with E-state index >= 15 is 4.39 Å². The molecule has 1 aliphatic rings. The minimum atomic E-state index is -0.480. The molecule has 0 unspecified atom stereocenters. The quantitative estimate of drug-likeness (QED) is 0.420. The molecule has 0 spiro atoms. The van der Waals surface area contributed by atoms with Gasteiger partial charge >= 0.3 is 0 Å². The van der Waals surface area contributed by atoms with E-state index in [0.29, 0.717) is 28.0 Å². The zero-order valence-corrected chi connectivity index (χ0v) is 16.9. The standard InChI is InChI=1S/C24H19FN6/c1-3-14(12-26-4-2)21-20(25)19-18(13-27-21)30-31-23(19)24-28-17-11-7-10-16(22(17)29-24)15-8-5-6-9-15/h3-5,7-13H,2,6H2,1H3,(H,28,29)(H,30,31)/b14-3+,26-12?. The number of aromatic amines is 2. The third kappa shape index (κ3) is 3.11. The highest BCUT2D eigenvalue weighted by molar-refractivity contribution is 6.10. The van der Waals surface area contributed by atoms with Crippen LogP contribution in [-0.2, 0) is 0 Å². The predicted molar refractivity (Wildman–Crippen MR) is 123 cm³/mol. The van der Waals surface area contributed by atoms with Crippen LogP contribution in [0.4, 0.5) is 4.39 Å². The molecule has 0 fully saturated rings. The number of para-hydroxylation sites is 1. The van der Waals surface area contributed by atoms with Gasteiger partial charge in [0.2, 0.25) is 0 Å². The number of imidazole rings is 1. The maximum atomic E-state index is 15.6. The van der Waals surface area contributed by atoms with E-state index in [0.717, 1.165) is 28.6 Å². The van der Waals surface area contributed by atoms with Gasteiger partial charge in [-0.2, -0.15) is 5.10 Å². The molecule has 6 nitrogen and oxygen atoms in total. The van der Waals surface area contributed by atoms with Gasteiger partial charge < -0.3 is 4.98 Å². The SMILES string of the molecule is C=CN=C/C(=C\C)c1ncc2[nH]nc(-c3nc4c(C5=CCC=C5)cccc4[nH]3)c2c1F. The summed E-state index contributed by atoms with van der Waals surface area (Å²) in [5.74, 6) is 0.0149. The molecule has 0 aliphatic heterocycles. The van der Waals surface area contributed by atoms with Gasteiger partial charge in [0.1, 0.15) is 11.4 Å². The normalized spacial score (nSPS) is 14.3. The minimum absolute atomic E-state index is 0.196. The summed E-state index contributed by atoms with van der Waals surface area (Å²) >= 11 is 0. The summed E-state index contributed by atoms with van der Waals surface area (Å²) in [6.45, 7) is 5.36. The fourth-order valence-electron chi connectivity index (χ4n) is 3.79. The molecular formula is C24H19FN6. The van der Waals surface area contributed by atoms with Crippen molar-refractivity contribution in [2.45, 2.75) is 13.3 Å². The van der Waals surface area contributed by atoms with E-state index < -0.39 is 5.82 Å². The Kier molecular flexibility index (Phi) is 4.63. The number of H-pyrrole nitrogens is 2. The molecular weight excluding hydrogens is 391 g/mol. The van der Waals surface area contributed by atoms with Crippen LogP contribution in [0.15, 0.2) is 66.5 Å². The first-order valence-corrected chi connectivity index (χ1v) is 9.90. The van der Waals surface area contributed by atoms with Gasteiger partial charge in [-0.1, -0.05) is 43.0 Å². The van der Waals surface area contributed by atoms with Crippen LogP contribution in [-0.4, -0.2) is 31.4 Å². The van der Waals surface area contributed by atoms with Crippen molar-refractivity contribution in [1.82, 2.24) is 25.1 Å². The lowest BCUT2D eigenvalue weighted by atomic mass is 10.1. The van der Waals surface area contributed by atoms with Crippen LogP contribution in [0.1, 0.15) is 24.6 Å². The summed E-state index contributed by atoms with van der Waals surface area (Å²) in [5, 5.41) is 7.54. The van der Waals surface area contributed by atoms with Gasteiger partial charge in [0.15, 0.2) is 11.6 Å². The van der Waals surface area contributed by atoms with Gasteiger partial charge in [0.25, 0.3) is 0 Å². The fraction of sp³-hybridized carbons (Fsp3) is 0.0833. The molecule has 4 aromatic rings. The smallest absolute Gasteiger partial charge is 0.161 e. The van der Waals surface area contributed by atoms with Crippen LogP contribution in [0.3, 0.4) is 0 Å².